The van der Waals surface area contributed by atoms with Gasteiger partial charge in [-0.1, -0.05) is 13.8 Å². The van der Waals surface area contributed by atoms with Gasteiger partial charge in [0, 0.05) is 19.2 Å². The summed E-state index contributed by atoms with van der Waals surface area (Å²) in [6.07, 6.45) is 1.71. The molecule has 0 aliphatic carbocycles. The molecule has 1 aliphatic rings. The minimum atomic E-state index is -2.87. The van der Waals surface area contributed by atoms with Crippen molar-refractivity contribution in [1.82, 2.24) is 10.6 Å². The maximum atomic E-state index is 11.4. The van der Waals surface area contributed by atoms with Crippen molar-refractivity contribution in [2.75, 3.05) is 37.8 Å². The monoisotopic (exact) mass is 447 g/mol. The van der Waals surface area contributed by atoms with Crippen LogP contribution in [0.25, 0.3) is 0 Å². The second-order valence-corrected chi connectivity index (χ2v) is 8.03. The van der Waals surface area contributed by atoms with Gasteiger partial charge in [0.05, 0.1) is 24.7 Å². The largest absolute Gasteiger partial charge is 0.380 e. The summed E-state index contributed by atoms with van der Waals surface area (Å²) in [4.78, 5) is 4.42. The second-order valence-electron chi connectivity index (χ2n) is 5.80. The first-order valence-electron chi connectivity index (χ1n) is 7.76. The van der Waals surface area contributed by atoms with Crippen molar-refractivity contribution in [2.45, 2.75) is 39.7 Å². The van der Waals surface area contributed by atoms with E-state index in [0.29, 0.717) is 31.4 Å². The fraction of sp³-hybridized carbons (Fsp3) is 0.929. The topological polar surface area (TPSA) is 79.8 Å². The van der Waals surface area contributed by atoms with Gasteiger partial charge in [0.25, 0.3) is 0 Å². The van der Waals surface area contributed by atoms with Crippen LogP contribution < -0.4 is 10.6 Å². The number of nitrogens with zero attached hydrogens (tertiary/aromatic N) is 1. The number of sulfone groups is 1. The lowest BCUT2D eigenvalue weighted by Gasteiger charge is -2.15. The lowest BCUT2D eigenvalue weighted by atomic mass is 10.1. The number of rotatable bonds is 8. The normalized spacial score (nSPS) is 20.7. The molecule has 1 fully saturated rings. The molecule has 0 aromatic rings. The maximum absolute atomic E-state index is 11.4. The van der Waals surface area contributed by atoms with E-state index in [1.54, 1.807) is 0 Å². The Labute approximate surface area is 151 Å². The van der Waals surface area contributed by atoms with Crippen molar-refractivity contribution < 1.29 is 13.2 Å². The van der Waals surface area contributed by atoms with Gasteiger partial charge in [-0.25, -0.2) is 8.42 Å². The van der Waals surface area contributed by atoms with Gasteiger partial charge in [0.1, 0.15) is 0 Å². The van der Waals surface area contributed by atoms with Crippen LogP contribution in [0, 0.1) is 5.92 Å². The Hall–Kier alpha value is -0.0900. The number of nitrogens with one attached hydrogen (secondary N) is 2. The summed E-state index contributed by atoms with van der Waals surface area (Å²) in [5.41, 5.74) is 0. The average molecular weight is 447 g/mol. The van der Waals surface area contributed by atoms with E-state index in [4.69, 9.17) is 4.74 Å². The van der Waals surface area contributed by atoms with E-state index in [1.165, 1.54) is 0 Å². The lowest BCUT2D eigenvalue weighted by Crippen LogP contribution is -2.44. The zero-order chi connectivity index (χ0) is 15.7. The highest BCUT2D eigenvalue weighted by Gasteiger charge is 2.28. The van der Waals surface area contributed by atoms with Crippen molar-refractivity contribution in [3.8, 4) is 0 Å². The minimum Gasteiger partial charge on any atom is -0.380 e. The molecule has 1 aliphatic heterocycles. The number of guanidine groups is 1. The molecule has 0 saturated carbocycles. The van der Waals surface area contributed by atoms with Crippen LogP contribution in [0.15, 0.2) is 4.99 Å². The first kappa shape index (κ1) is 21.9. The van der Waals surface area contributed by atoms with E-state index in [9.17, 15) is 8.42 Å². The number of hydrogen-bond donors (Lipinski definition) is 2. The van der Waals surface area contributed by atoms with Crippen molar-refractivity contribution in [1.29, 1.82) is 0 Å². The Morgan fingerprint density at radius 1 is 1.36 bits per heavy atom. The molecule has 132 valence electrons. The number of ether oxygens (including phenoxy) is 1. The van der Waals surface area contributed by atoms with Crippen molar-refractivity contribution in [3.05, 3.63) is 0 Å². The smallest absolute Gasteiger partial charge is 0.191 e. The number of halogens is 1. The standard InChI is InChI=1S/C14H29N3O3S.HI/c1-4-15-14(16-7-9-20-8-5-12(2)3)17-13-6-10-21(18,19)11-13;/h12-13H,4-11H2,1-3H3,(H2,15,16,17);1H. The third kappa shape index (κ3) is 9.83. The van der Waals surface area contributed by atoms with E-state index < -0.39 is 9.84 Å². The average Bonchev–Trinajstić information content (AvgIpc) is 2.72. The zero-order valence-electron chi connectivity index (χ0n) is 13.8. The fourth-order valence-electron chi connectivity index (χ4n) is 2.07. The molecular weight excluding hydrogens is 417 g/mol. The molecule has 0 aromatic carbocycles. The molecule has 22 heavy (non-hydrogen) atoms. The van der Waals surface area contributed by atoms with Crippen LogP contribution >= 0.6 is 24.0 Å². The summed E-state index contributed by atoms with van der Waals surface area (Å²) in [7, 11) is -2.87. The quantitative estimate of drug-likeness (QED) is 0.255. The fourth-order valence-corrected chi connectivity index (χ4v) is 3.74. The van der Waals surface area contributed by atoms with Gasteiger partial charge in [-0.2, -0.15) is 0 Å². The molecule has 0 bridgehead atoms. The van der Waals surface area contributed by atoms with Gasteiger partial charge in [0.2, 0.25) is 0 Å². The predicted octanol–water partition coefficient (Wildman–Crippen LogP) is 1.41. The van der Waals surface area contributed by atoms with Crippen LogP contribution in [-0.2, 0) is 14.6 Å². The van der Waals surface area contributed by atoms with Gasteiger partial charge in [-0.3, -0.25) is 4.99 Å². The van der Waals surface area contributed by atoms with Crippen molar-refractivity contribution in [3.63, 3.8) is 0 Å². The van der Waals surface area contributed by atoms with Crippen LogP contribution in [0.1, 0.15) is 33.6 Å². The van der Waals surface area contributed by atoms with Crippen molar-refractivity contribution in [2.24, 2.45) is 10.9 Å². The van der Waals surface area contributed by atoms with E-state index in [-0.39, 0.29) is 41.5 Å². The summed E-state index contributed by atoms with van der Waals surface area (Å²) < 4.78 is 28.4. The summed E-state index contributed by atoms with van der Waals surface area (Å²) in [6, 6.07) is -0.0327. The summed E-state index contributed by atoms with van der Waals surface area (Å²) in [5.74, 6) is 1.79. The third-order valence-electron chi connectivity index (χ3n) is 3.26. The van der Waals surface area contributed by atoms with Crippen LogP contribution in [-0.4, -0.2) is 58.2 Å². The predicted molar refractivity (Wildman–Crippen MR) is 102 cm³/mol. The van der Waals surface area contributed by atoms with Crippen LogP contribution in [0.2, 0.25) is 0 Å². The van der Waals surface area contributed by atoms with E-state index >= 15 is 0 Å². The molecule has 0 spiro atoms. The van der Waals surface area contributed by atoms with E-state index in [2.05, 4.69) is 29.5 Å². The Kier molecular flexibility index (Phi) is 11.4. The summed E-state index contributed by atoms with van der Waals surface area (Å²) in [6.45, 7) is 9.01. The van der Waals surface area contributed by atoms with Crippen LogP contribution in [0.5, 0.6) is 0 Å². The zero-order valence-corrected chi connectivity index (χ0v) is 16.9. The molecular formula is C14H30IN3O3S. The Morgan fingerprint density at radius 3 is 2.64 bits per heavy atom. The molecule has 1 unspecified atom stereocenters. The molecule has 2 N–H and O–H groups in total. The van der Waals surface area contributed by atoms with Crippen LogP contribution in [0.3, 0.4) is 0 Å². The molecule has 1 rings (SSSR count). The lowest BCUT2D eigenvalue weighted by molar-refractivity contribution is 0.130. The SMILES string of the molecule is CCNC(=NCCOCCC(C)C)NC1CCS(=O)(=O)C1.I. The maximum Gasteiger partial charge on any atom is 0.191 e. The molecule has 0 aromatic heterocycles. The Balaban J connectivity index is 0.00000441. The first-order chi connectivity index (χ1) is 9.93. The third-order valence-corrected chi connectivity index (χ3v) is 5.03. The number of aliphatic imine (C=N–C) groups is 1. The van der Waals surface area contributed by atoms with Gasteiger partial charge < -0.3 is 15.4 Å². The number of hydrogen-bond acceptors (Lipinski definition) is 4. The van der Waals surface area contributed by atoms with Gasteiger partial charge in [-0.05, 0) is 25.7 Å². The highest BCUT2D eigenvalue weighted by molar-refractivity contribution is 14.0. The molecule has 0 radical (unpaired) electrons. The van der Waals surface area contributed by atoms with E-state index in [0.717, 1.165) is 19.6 Å². The first-order valence-corrected chi connectivity index (χ1v) is 9.58. The van der Waals surface area contributed by atoms with Gasteiger partial charge in [0.15, 0.2) is 15.8 Å². The van der Waals surface area contributed by atoms with Crippen LogP contribution in [0.4, 0.5) is 0 Å². The summed E-state index contributed by atoms with van der Waals surface area (Å²) >= 11 is 0. The molecule has 1 saturated heterocycles. The highest BCUT2D eigenvalue weighted by atomic mass is 127. The van der Waals surface area contributed by atoms with Gasteiger partial charge in [-0.15, -0.1) is 24.0 Å². The molecule has 1 atom stereocenters. The summed E-state index contributed by atoms with van der Waals surface area (Å²) in [5, 5.41) is 6.32. The molecule has 8 heteroatoms. The van der Waals surface area contributed by atoms with E-state index in [1.807, 2.05) is 6.92 Å². The molecule has 1 heterocycles. The van der Waals surface area contributed by atoms with Crippen molar-refractivity contribution >= 4 is 39.8 Å². The second kappa shape index (κ2) is 11.4. The van der Waals surface area contributed by atoms with Gasteiger partial charge >= 0.3 is 0 Å². The molecule has 0 amide bonds. The Bertz CT molecular complexity index is 427. The Morgan fingerprint density at radius 2 is 2.09 bits per heavy atom. The molecule has 6 nitrogen and oxygen atoms in total. The minimum absolute atomic E-state index is 0. The highest BCUT2D eigenvalue weighted by Crippen LogP contribution is 2.10.